The normalized spacial score (nSPS) is 27.3. The first-order valence-corrected chi connectivity index (χ1v) is 7.92. The maximum Gasteiger partial charge on any atom is 0.241 e. The fraction of sp³-hybridized carbons (Fsp3) is 0.588. The summed E-state index contributed by atoms with van der Waals surface area (Å²) in [6.07, 6.45) is 3.04. The van der Waals surface area contributed by atoms with E-state index in [9.17, 15) is 4.79 Å². The van der Waals surface area contributed by atoms with Crippen LogP contribution in [0, 0.1) is 5.92 Å². The summed E-state index contributed by atoms with van der Waals surface area (Å²) in [5.74, 6) is 0.834. The average Bonchev–Trinajstić information content (AvgIpc) is 2.77. The topological polar surface area (TPSA) is 41.6 Å². The van der Waals surface area contributed by atoms with E-state index in [1.807, 2.05) is 23.1 Å². The molecule has 2 fully saturated rings. The molecule has 4 heteroatoms. The van der Waals surface area contributed by atoms with E-state index in [0.29, 0.717) is 5.92 Å². The van der Waals surface area contributed by atoms with Crippen LogP contribution in [0.25, 0.3) is 0 Å². The first-order chi connectivity index (χ1) is 10.2. The van der Waals surface area contributed by atoms with E-state index in [1.165, 1.54) is 5.56 Å². The van der Waals surface area contributed by atoms with Gasteiger partial charge in [-0.25, -0.2) is 0 Å². The van der Waals surface area contributed by atoms with Crippen molar-refractivity contribution in [3.63, 3.8) is 0 Å². The quantitative estimate of drug-likeness (QED) is 0.918. The fourth-order valence-electron chi connectivity index (χ4n) is 3.29. The Bertz CT molecular complexity index is 471. The minimum absolute atomic E-state index is 0.0813. The van der Waals surface area contributed by atoms with Gasteiger partial charge >= 0.3 is 0 Å². The largest absolute Gasteiger partial charge is 0.381 e. The average molecular weight is 288 g/mol. The van der Waals surface area contributed by atoms with E-state index in [-0.39, 0.29) is 18.1 Å². The smallest absolute Gasteiger partial charge is 0.241 e. The number of rotatable bonds is 4. The minimum atomic E-state index is -0.0813. The molecule has 2 heterocycles. The number of carbonyl (C=O) groups excluding carboxylic acids is 1. The summed E-state index contributed by atoms with van der Waals surface area (Å²) in [6.45, 7) is 4.62. The van der Waals surface area contributed by atoms with Gasteiger partial charge in [-0.05, 0) is 37.7 Å². The van der Waals surface area contributed by atoms with Crippen molar-refractivity contribution >= 4 is 5.91 Å². The zero-order valence-electron chi connectivity index (χ0n) is 12.6. The molecule has 0 spiro atoms. The van der Waals surface area contributed by atoms with Crippen molar-refractivity contribution in [2.24, 2.45) is 5.92 Å². The molecule has 2 atom stereocenters. The van der Waals surface area contributed by atoms with Crippen molar-refractivity contribution in [2.45, 2.75) is 38.4 Å². The lowest BCUT2D eigenvalue weighted by atomic mass is 9.99. The van der Waals surface area contributed by atoms with E-state index in [0.717, 1.165) is 39.0 Å². The Kier molecular flexibility index (Phi) is 4.56. The highest BCUT2D eigenvalue weighted by Gasteiger charge is 2.37. The van der Waals surface area contributed by atoms with E-state index >= 15 is 0 Å². The van der Waals surface area contributed by atoms with Crippen LogP contribution >= 0.6 is 0 Å². The summed E-state index contributed by atoms with van der Waals surface area (Å²) < 4.78 is 5.40. The summed E-state index contributed by atoms with van der Waals surface area (Å²) in [6, 6.07) is 10.1. The van der Waals surface area contributed by atoms with Crippen LogP contribution in [0.1, 0.15) is 25.3 Å². The van der Waals surface area contributed by atoms with E-state index in [4.69, 9.17) is 4.74 Å². The van der Waals surface area contributed by atoms with Crippen molar-refractivity contribution in [2.75, 3.05) is 19.8 Å². The van der Waals surface area contributed by atoms with Gasteiger partial charge in [-0.3, -0.25) is 10.1 Å². The molecule has 114 valence electrons. The maximum atomic E-state index is 12.6. The molecule has 2 unspecified atom stereocenters. The highest BCUT2D eigenvalue weighted by Crippen LogP contribution is 2.21. The van der Waals surface area contributed by atoms with Crippen LogP contribution in [0.4, 0.5) is 0 Å². The number of ether oxygens (including phenoxy) is 1. The van der Waals surface area contributed by atoms with Crippen LogP contribution in [0.3, 0.4) is 0 Å². The molecule has 3 rings (SSSR count). The Hall–Kier alpha value is -1.39. The van der Waals surface area contributed by atoms with Gasteiger partial charge in [0.25, 0.3) is 0 Å². The van der Waals surface area contributed by atoms with Gasteiger partial charge in [0.05, 0.1) is 12.2 Å². The summed E-state index contributed by atoms with van der Waals surface area (Å²) in [4.78, 5) is 14.6. The van der Waals surface area contributed by atoms with Gasteiger partial charge in [-0.2, -0.15) is 0 Å². The van der Waals surface area contributed by atoms with Crippen molar-refractivity contribution in [1.82, 2.24) is 10.2 Å². The van der Waals surface area contributed by atoms with Crippen molar-refractivity contribution < 1.29 is 9.53 Å². The number of amides is 1. The highest BCUT2D eigenvalue weighted by atomic mass is 16.5. The molecule has 2 aliphatic rings. The summed E-state index contributed by atoms with van der Waals surface area (Å²) in [5, 5.41) is 3.44. The Morgan fingerprint density at radius 1 is 1.24 bits per heavy atom. The lowest BCUT2D eigenvalue weighted by molar-refractivity contribution is -0.130. The van der Waals surface area contributed by atoms with Gasteiger partial charge in [0.2, 0.25) is 5.91 Å². The Morgan fingerprint density at radius 3 is 2.67 bits per heavy atom. The summed E-state index contributed by atoms with van der Waals surface area (Å²) in [5.41, 5.74) is 1.21. The molecule has 0 radical (unpaired) electrons. The SMILES string of the molecule is CC1NC(Cc2ccccc2)C(=O)N1CC1CCOCC1. The van der Waals surface area contributed by atoms with Crippen molar-refractivity contribution in [3.05, 3.63) is 35.9 Å². The fourth-order valence-corrected chi connectivity index (χ4v) is 3.29. The van der Waals surface area contributed by atoms with Crippen molar-refractivity contribution in [3.8, 4) is 0 Å². The second kappa shape index (κ2) is 6.58. The Labute approximate surface area is 126 Å². The molecule has 1 amide bonds. The standard InChI is InChI=1S/C17H24N2O2/c1-13-18-16(11-14-5-3-2-4-6-14)17(20)19(13)12-15-7-9-21-10-8-15/h2-6,13,15-16,18H,7-12H2,1H3. The molecule has 1 aromatic carbocycles. The van der Waals surface area contributed by atoms with Crippen LogP contribution in [0.15, 0.2) is 30.3 Å². The summed E-state index contributed by atoms with van der Waals surface area (Å²) >= 11 is 0. The molecule has 4 nitrogen and oxygen atoms in total. The third-order valence-corrected chi connectivity index (χ3v) is 4.57. The maximum absolute atomic E-state index is 12.6. The number of nitrogens with one attached hydrogen (secondary N) is 1. The zero-order chi connectivity index (χ0) is 14.7. The zero-order valence-corrected chi connectivity index (χ0v) is 12.6. The Balaban J connectivity index is 1.60. The van der Waals surface area contributed by atoms with Gasteiger partial charge in [0.15, 0.2) is 0 Å². The molecule has 2 aliphatic heterocycles. The van der Waals surface area contributed by atoms with Crippen LogP contribution in [-0.2, 0) is 16.0 Å². The first kappa shape index (κ1) is 14.5. The van der Waals surface area contributed by atoms with E-state index in [1.54, 1.807) is 0 Å². The third kappa shape index (κ3) is 3.44. The van der Waals surface area contributed by atoms with Crippen molar-refractivity contribution in [1.29, 1.82) is 0 Å². The predicted molar refractivity (Wildman–Crippen MR) is 81.8 cm³/mol. The van der Waals surface area contributed by atoms with Crippen LogP contribution < -0.4 is 5.32 Å². The number of nitrogens with zero attached hydrogens (tertiary/aromatic N) is 1. The number of hydrogen-bond acceptors (Lipinski definition) is 3. The molecule has 21 heavy (non-hydrogen) atoms. The number of carbonyl (C=O) groups is 1. The van der Waals surface area contributed by atoms with Gasteiger partial charge in [0.1, 0.15) is 0 Å². The monoisotopic (exact) mass is 288 g/mol. The molecule has 1 aromatic rings. The van der Waals surface area contributed by atoms with Gasteiger partial charge in [-0.1, -0.05) is 30.3 Å². The van der Waals surface area contributed by atoms with Gasteiger partial charge in [-0.15, -0.1) is 0 Å². The molecule has 0 saturated carbocycles. The lowest BCUT2D eigenvalue weighted by Crippen LogP contribution is -2.39. The second-order valence-electron chi connectivity index (χ2n) is 6.13. The van der Waals surface area contributed by atoms with Crippen LogP contribution in [0.5, 0.6) is 0 Å². The number of benzene rings is 1. The molecule has 0 aromatic heterocycles. The van der Waals surface area contributed by atoms with E-state index < -0.39 is 0 Å². The predicted octanol–water partition coefficient (Wildman–Crippen LogP) is 1.80. The minimum Gasteiger partial charge on any atom is -0.381 e. The van der Waals surface area contributed by atoms with Crippen LogP contribution in [-0.4, -0.2) is 42.8 Å². The molecule has 0 bridgehead atoms. The summed E-state index contributed by atoms with van der Waals surface area (Å²) in [7, 11) is 0. The molecular formula is C17H24N2O2. The highest BCUT2D eigenvalue weighted by molar-refractivity contribution is 5.84. The second-order valence-corrected chi connectivity index (χ2v) is 6.13. The van der Waals surface area contributed by atoms with E-state index in [2.05, 4.69) is 24.4 Å². The molecule has 0 aliphatic carbocycles. The van der Waals surface area contributed by atoms with Gasteiger partial charge in [0, 0.05) is 19.8 Å². The third-order valence-electron chi connectivity index (χ3n) is 4.57. The lowest BCUT2D eigenvalue weighted by Gasteiger charge is -2.29. The molecular weight excluding hydrogens is 264 g/mol. The van der Waals surface area contributed by atoms with Gasteiger partial charge < -0.3 is 9.64 Å². The molecule has 2 saturated heterocycles. The first-order valence-electron chi connectivity index (χ1n) is 7.92. The number of hydrogen-bond donors (Lipinski definition) is 1. The van der Waals surface area contributed by atoms with Crippen LogP contribution in [0.2, 0.25) is 0 Å². The molecule has 1 N–H and O–H groups in total. The Morgan fingerprint density at radius 2 is 1.95 bits per heavy atom.